The molecule has 0 aromatic heterocycles. The molecule has 0 radical (unpaired) electrons. The third-order valence-electron chi connectivity index (χ3n) is 3.20. The highest BCUT2D eigenvalue weighted by atomic mass is 16.5. The van der Waals surface area contributed by atoms with Crippen molar-refractivity contribution in [3.8, 4) is 0 Å². The van der Waals surface area contributed by atoms with Gasteiger partial charge in [-0.15, -0.1) is 0 Å². The molecular formula is C16H26O4. The van der Waals surface area contributed by atoms with Gasteiger partial charge in [-0.2, -0.15) is 0 Å². The van der Waals surface area contributed by atoms with Crippen LogP contribution in [0.4, 0.5) is 0 Å². The molecule has 0 heterocycles. The molecule has 4 nitrogen and oxygen atoms in total. The molecule has 20 heavy (non-hydrogen) atoms. The van der Waals surface area contributed by atoms with Crippen LogP contribution in [-0.2, 0) is 14.2 Å². The Balaban J connectivity index is 2.13. The highest BCUT2D eigenvalue weighted by Gasteiger charge is 2.08. The average molecular weight is 282 g/mol. The Morgan fingerprint density at radius 1 is 1.00 bits per heavy atom. The third kappa shape index (κ3) is 6.48. The van der Waals surface area contributed by atoms with E-state index in [0.29, 0.717) is 33.0 Å². The SMILES string of the molecule is COCCCOCCOCC(O)c1ccc(C)c(C)c1. The molecule has 0 saturated carbocycles. The van der Waals surface area contributed by atoms with Crippen molar-refractivity contribution in [2.45, 2.75) is 26.4 Å². The second-order valence-electron chi connectivity index (χ2n) is 4.89. The summed E-state index contributed by atoms with van der Waals surface area (Å²) in [5.41, 5.74) is 3.31. The van der Waals surface area contributed by atoms with Gasteiger partial charge in [0.05, 0.1) is 19.8 Å². The van der Waals surface area contributed by atoms with Crippen LogP contribution in [0.2, 0.25) is 0 Å². The maximum atomic E-state index is 10.0. The Morgan fingerprint density at radius 3 is 2.45 bits per heavy atom. The van der Waals surface area contributed by atoms with Crippen LogP contribution in [-0.4, -0.2) is 45.3 Å². The number of hydrogen-bond acceptors (Lipinski definition) is 4. The Bertz CT molecular complexity index is 379. The lowest BCUT2D eigenvalue weighted by molar-refractivity contribution is 0.000484. The zero-order valence-corrected chi connectivity index (χ0v) is 12.7. The first kappa shape index (κ1) is 17.1. The summed E-state index contributed by atoms with van der Waals surface area (Å²) in [6.07, 6.45) is 0.310. The topological polar surface area (TPSA) is 47.9 Å². The highest BCUT2D eigenvalue weighted by Crippen LogP contribution is 2.17. The van der Waals surface area contributed by atoms with E-state index in [9.17, 15) is 5.11 Å². The van der Waals surface area contributed by atoms with Gasteiger partial charge in [0.1, 0.15) is 6.10 Å². The average Bonchev–Trinajstić information content (AvgIpc) is 2.44. The molecule has 1 atom stereocenters. The normalized spacial score (nSPS) is 12.6. The zero-order chi connectivity index (χ0) is 14.8. The Kier molecular flexibility index (Phi) is 8.46. The maximum Gasteiger partial charge on any atom is 0.102 e. The summed E-state index contributed by atoms with van der Waals surface area (Å²) in [4.78, 5) is 0. The summed E-state index contributed by atoms with van der Waals surface area (Å²) in [6.45, 7) is 6.83. The van der Waals surface area contributed by atoms with Gasteiger partial charge in [0.2, 0.25) is 0 Å². The molecule has 0 aliphatic carbocycles. The number of methoxy groups -OCH3 is 1. The van der Waals surface area contributed by atoms with Crippen molar-refractivity contribution in [1.82, 2.24) is 0 Å². The first-order valence-electron chi connectivity index (χ1n) is 7.04. The molecule has 0 saturated heterocycles. The van der Waals surface area contributed by atoms with Crippen molar-refractivity contribution in [3.05, 3.63) is 34.9 Å². The van der Waals surface area contributed by atoms with Crippen molar-refractivity contribution in [2.75, 3.05) is 40.1 Å². The van der Waals surface area contributed by atoms with Gasteiger partial charge in [-0.1, -0.05) is 18.2 Å². The molecule has 1 aromatic carbocycles. The Labute approximate surface area is 121 Å². The van der Waals surface area contributed by atoms with Gasteiger partial charge in [-0.25, -0.2) is 0 Å². The zero-order valence-electron chi connectivity index (χ0n) is 12.7. The number of hydrogen-bond donors (Lipinski definition) is 1. The summed E-state index contributed by atoms with van der Waals surface area (Å²) in [7, 11) is 1.68. The number of aryl methyl sites for hydroxylation is 2. The van der Waals surface area contributed by atoms with Crippen LogP contribution >= 0.6 is 0 Å². The van der Waals surface area contributed by atoms with E-state index >= 15 is 0 Å². The van der Waals surface area contributed by atoms with Gasteiger partial charge in [-0.3, -0.25) is 0 Å². The molecule has 4 heteroatoms. The fraction of sp³-hybridized carbons (Fsp3) is 0.625. The maximum absolute atomic E-state index is 10.0. The van der Waals surface area contributed by atoms with E-state index in [1.54, 1.807) is 7.11 Å². The van der Waals surface area contributed by atoms with Gasteiger partial charge < -0.3 is 19.3 Å². The van der Waals surface area contributed by atoms with Crippen LogP contribution in [0.3, 0.4) is 0 Å². The number of benzene rings is 1. The lowest BCUT2D eigenvalue weighted by atomic mass is 10.0. The van der Waals surface area contributed by atoms with E-state index in [4.69, 9.17) is 14.2 Å². The minimum atomic E-state index is -0.581. The molecule has 1 aromatic rings. The predicted octanol–water partition coefficient (Wildman–Crippen LogP) is 2.41. The first-order valence-corrected chi connectivity index (χ1v) is 7.04. The van der Waals surface area contributed by atoms with Gasteiger partial charge in [0.25, 0.3) is 0 Å². The van der Waals surface area contributed by atoms with Gasteiger partial charge in [0.15, 0.2) is 0 Å². The molecule has 114 valence electrons. The van der Waals surface area contributed by atoms with Crippen LogP contribution in [0.5, 0.6) is 0 Å². The quantitative estimate of drug-likeness (QED) is 0.669. The fourth-order valence-electron chi connectivity index (χ4n) is 1.79. The second kappa shape index (κ2) is 9.88. The molecule has 1 N–H and O–H groups in total. The molecule has 0 spiro atoms. The summed E-state index contributed by atoms with van der Waals surface area (Å²) >= 11 is 0. The van der Waals surface area contributed by atoms with Crippen LogP contribution in [0, 0.1) is 13.8 Å². The number of ether oxygens (including phenoxy) is 3. The van der Waals surface area contributed by atoms with Crippen molar-refractivity contribution in [1.29, 1.82) is 0 Å². The number of aliphatic hydroxyl groups is 1. The number of aliphatic hydroxyl groups excluding tert-OH is 1. The van der Waals surface area contributed by atoms with Crippen molar-refractivity contribution in [2.24, 2.45) is 0 Å². The van der Waals surface area contributed by atoms with Gasteiger partial charge in [0, 0.05) is 20.3 Å². The van der Waals surface area contributed by atoms with E-state index in [1.165, 1.54) is 11.1 Å². The minimum absolute atomic E-state index is 0.296. The third-order valence-corrected chi connectivity index (χ3v) is 3.20. The summed E-state index contributed by atoms with van der Waals surface area (Å²) in [6, 6.07) is 5.97. The lowest BCUT2D eigenvalue weighted by Gasteiger charge is -2.13. The van der Waals surface area contributed by atoms with Crippen molar-refractivity contribution in [3.63, 3.8) is 0 Å². The second-order valence-corrected chi connectivity index (χ2v) is 4.89. The first-order chi connectivity index (χ1) is 9.65. The van der Waals surface area contributed by atoms with E-state index in [2.05, 4.69) is 6.92 Å². The monoisotopic (exact) mass is 282 g/mol. The molecule has 1 unspecified atom stereocenters. The van der Waals surface area contributed by atoms with E-state index in [1.807, 2.05) is 25.1 Å². The summed E-state index contributed by atoms with van der Waals surface area (Å²) in [5, 5.41) is 10.0. The van der Waals surface area contributed by atoms with Crippen LogP contribution < -0.4 is 0 Å². The highest BCUT2D eigenvalue weighted by molar-refractivity contribution is 5.31. The largest absolute Gasteiger partial charge is 0.386 e. The molecule has 0 aliphatic heterocycles. The smallest absolute Gasteiger partial charge is 0.102 e. The van der Waals surface area contributed by atoms with Crippen molar-refractivity contribution >= 4 is 0 Å². The molecule has 0 aliphatic rings. The van der Waals surface area contributed by atoms with Crippen molar-refractivity contribution < 1.29 is 19.3 Å². The van der Waals surface area contributed by atoms with E-state index in [-0.39, 0.29) is 0 Å². The van der Waals surface area contributed by atoms with Gasteiger partial charge in [-0.05, 0) is 37.0 Å². The van der Waals surface area contributed by atoms with Crippen LogP contribution in [0.25, 0.3) is 0 Å². The summed E-state index contributed by atoms with van der Waals surface area (Å²) < 4.78 is 15.7. The Morgan fingerprint density at radius 2 is 1.75 bits per heavy atom. The standard InChI is InChI=1S/C16H26O4/c1-13-5-6-15(11-14(13)2)16(17)12-20-10-9-19-8-4-7-18-3/h5-6,11,16-17H,4,7-10,12H2,1-3H3. The van der Waals surface area contributed by atoms with Crippen LogP contribution in [0.15, 0.2) is 18.2 Å². The molecule has 0 fully saturated rings. The predicted molar refractivity (Wildman–Crippen MR) is 79.0 cm³/mol. The Hall–Kier alpha value is -0.940. The lowest BCUT2D eigenvalue weighted by Crippen LogP contribution is -2.12. The van der Waals surface area contributed by atoms with E-state index in [0.717, 1.165) is 12.0 Å². The molecule has 0 bridgehead atoms. The minimum Gasteiger partial charge on any atom is -0.386 e. The van der Waals surface area contributed by atoms with Crippen LogP contribution in [0.1, 0.15) is 29.2 Å². The molecule has 0 amide bonds. The van der Waals surface area contributed by atoms with Gasteiger partial charge >= 0.3 is 0 Å². The fourth-order valence-corrected chi connectivity index (χ4v) is 1.79. The molecule has 1 rings (SSSR count). The summed E-state index contributed by atoms with van der Waals surface area (Å²) in [5.74, 6) is 0. The van der Waals surface area contributed by atoms with E-state index < -0.39 is 6.10 Å². The number of rotatable bonds is 10. The molecular weight excluding hydrogens is 256 g/mol.